The van der Waals surface area contributed by atoms with Crippen LogP contribution in [0.25, 0.3) is 0 Å². The number of hydrogen-bond donors (Lipinski definition) is 0. The summed E-state index contributed by atoms with van der Waals surface area (Å²) in [7, 11) is 0. The molecule has 16 heavy (non-hydrogen) atoms. The van der Waals surface area contributed by atoms with Gasteiger partial charge in [-0.15, -0.1) is 0 Å². The van der Waals surface area contributed by atoms with Gasteiger partial charge in [-0.05, 0) is 29.5 Å². The van der Waals surface area contributed by atoms with Gasteiger partial charge in [0.2, 0.25) is 0 Å². The maximum atomic E-state index is 13.3. The zero-order chi connectivity index (χ0) is 12.5. The molecule has 3 heteroatoms. The zero-order valence-electron chi connectivity index (χ0n) is 10.0. The maximum absolute atomic E-state index is 13.3. The molecular weight excluding hydrogens is 230 g/mol. The highest BCUT2D eigenvalue weighted by molar-refractivity contribution is 6.31. The van der Waals surface area contributed by atoms with Crippen LogP contribution < -0.4 is 0 Å². The predicted molar refractivity (Wildman–Crippen MR) is 64.3 cm³/mol. The number of hydrogen-bond acceptors (Lipinski definition) is 0. The Balaban J connectivity index is 3.18. The monoisotopic (exact) mass is 246 g/mol. The summed E-state index contributed by atoms with van der Waals surface area (Å²) in [6.07, 6.45) is 0. The van der Waals surface area contributed by atoms with Crippen LogP contribution in [0.2, 0.25) is 5.02 Å². The van der Waals surface area contributed by atoms with Crippen molar-refractivity contribution in [1.82, 2.24) is 0 Å². The third kappa shape index (κ3) is 2.94. The van der Waals surface area contributed by atoms with Crippen LogP contribution in [0.5, 0.6) is 0 Å². The van der Waals surface area contributed by atoms with Gasteiger partial charge >= 0.3 is 0 Å². The average Bonchev–Trinajstić information content (AvgIpc) is 2.15. The summed E-state index contributed by atoms with van der Waals surface area (Å²) >= 11 is 5.79. The first-order chi connectivity index (χ1) is 7.23. The normalized spacial score (nSPS) is 14.2. The molecule has 0 saturated carbocycles. The molecule has 1 atom stereocenters. The summed E-state index contributed by atoms with van der Waals surface area (Å²) in [5.74, 6) is -2.22. The van der Waals surface area contributed by atoms with Gasteiger partial charge in [0.05, 0.1) is 0 Å². The van der Waals surface area contributed by atoms with Crippen molar-refractivity contribution in [3.05, 3.63) is 34.3 Å². The second-order valence-electron chi connectivity index (χ2n) is 4.66. The molecule has 0 spiro atoms. The summed E-state index contributed by atoms with van der Waals surface area (Å²) in [6.45, 7) is 7.05. The molecule has 1 aromatic carbocycles. The Hall–Kier alpha value is -0.630. The highest BCUT2D eigenvalue weighted by Gasteiger charge is 2.28. The average molecular weight is 247 g/mol. The Kier molecular flexibility index (Phi) is 3.95. The fraction of sp³-hybridized carbons (Fsp3) is 0.538. The summed E-state index contributed by atoms with van der Waals surface area (Å²) < 4.78 is 26.6. The fourth-order valence-electron chi connectivity index (χ4n) is 1.55. The van der Waals surface area contributed by atoms with Crippen molar-refractivity contribution in [3.8, 4) is 0 Å². The van der Waals surface area contributed by atoms with Crippen molar-refractivity contribution < 1.29 is 8.78 Å². The molecule has 0 aliphatic heterocycles. The van der Waals surface area contributed by atoms with Gasteiger partial charge in [0.1, 0.15) is 0 Å². The summed E-state index contributed by atoms with van der Waals surface area (Å²) in [4.78, 5) is 0. The van der Waals surface area contributed by atoms with E-state index >= 15 is 0 Å². The number of halogens is 3. The third-order valence-corrected chi connectivity index (χ3v) is 3.32. The van der Waals surface area contributed by atoms with Gasteiger partial charge in [-0.1, -0.05) is 38.4 Å². The molecule has 0 aliphatic rings. The van der Waals surface area contributed by atoms with E-state index in [2.05, 4.69) is 13.8 Å². The van der Waals surface area contributed by atoms with E-state index < -0.39 is 5.92 Å². The maximum Gasteiger partial charge on any atom is 0.271 e. The smallest absolute Gasteiger partial charge is 0.202 e. The van der Waals surface area contributed by atoms with Crippen LogP contribution in [-0.2, 0) is 5.92 Å². The van der Waals surface area contributed by atoms with E-state index in [-0.39, 0.29) is 16.5 Å². The van der Waals surface area contributed by atoms with E-state index in [0.29, 0.717) is 5.92 Å². The van der Waals surface area contributed by atoms with Crippen molar-refractivity contribution in [1.29, 1.82) is 0 Å². The number of alkyl halides is 2. The molecule has 1 aromatic rings. The molecule has 0 amide bonds. The van der Waals surface area contributed by atoms with Crippen molar-refractivity contribution in [3.63, 3.8) is 0 Å². The van der Waals surface area contributed by atoms with Gasteiger partial charge in [-0.25, -0.2) is 8.78 Å². The first-order valence-corrected chi connectivity index (χ1v) is 5.79. The van der Waals surface area contributed by atoms with Gasteiger partial charge in [0.25, 0.3) is 5.92 Å². The van der Waals surface area contributed by atoms with Crippen LogP contribution in [0.4, 0.5) is 8.78 Å². The molecule has 0 bridgehead atoms. The molecule has 0 N–H and O–H groups in total. The van der Waals surface area contributed by atoms with E-state index in [4.69, 9.17) is 11.6 Å². The van der Waals surface area contributed by atoms with E-state index in [1.807, 2.05) is 13.0 Å². The van der Waals surface area contributed by atoms with Gasteiger partial charge in [0.15, 0.2) is 0 Å². The van der Waals surface area contributed by atoms with E-state index in [9.17, 15) is 8.78 Å². The van der Waals surface area contributed by atoms with Gasteiger partial charge in [-0.3, -0.25) is 0 Å². The molecule has 0 radical (unpaired) electrons. The van der Waals surface area contributed by atoms with Crippen LogP contribution in [0.3, 0.4) is 0 Å². The minimum absolute atomic E-state index is 0.0841. The van der Waals surface area contributed by atoms with Crippen LogP contribution >= 0.6 is 11.6 Å². The Labute approximate surface area is 101 Å². The third-order valence-electron chi connectivity index (χ3n) is 2.99. The van der Waals surface area contributed by atoms with Crippen molar-refractivity contribution in [2.45, 2.75) is 39.5 Å². The Bertz CT molecular complexity index is 367. The van der Waals surface area contributed by atoms with Crippen molar-refractivity contribution >= 4 is 11.6 Å². The lowest BCUT2D eigenvalue weighted by Crippen LogP contribution is -2.10. The van der Waals surface area contributed by atoms with Crippen molar-refractivity contribution in [2.24, 2.45) is 5.92 Å². The molecule has 0 aromatic heterocycles. The van der Waals surface area contributed by atoms with Gasteiger partial charge in [-0.2, -0.15) is 0 Å². The molecule has 90 valence electrons. The molecule has 0 aliphatic carbocycles. The SMILES string of the molecule is CC(C)[C@H](C)c1ccc(Cl)c(C(C)(F)F)c1. The van der Waals surface area contributed by atoms with E-state index in [1.54, 1.807) is 6.07 Å². The summed E-state index contributed by atoms with van der Waals surface area (Å²) in [5, 5.41) is 0.132. The van der Waals surface area contributed by atoms with Gasteiger partial charge in [0, 0.05) is 17.5 Å². The quantitative estimate of drug-likeness (QED) is 0.687. The first kappa shape index (κ1) is 13.4. The number of rotatable bonds is 3. The molecule has 0 heterocycles. The van der Waals surface area contributed by atoms with Crippen LogP contribution in [0, 0.1) is 5.92 Å². The minimum atomic E-state index is -2.89. The molecule has 0 unspecified atom stereocenters. The Morgan fingerprint density at radius 2 is 1.75 bits per heavy atom. The van der Waals surface area contributed by atoms with E-state index in [0.717, 1.165) is 12.5 Å². The highest BCUT2D eigenvalue weighted by atomic mass is 35.5. The first-order valence-electron chi connectivity index (χ1n) is 5.41. The predicted octanol–water partition coefficient (Wildman–Crippen LogP) is 5.21. The number of benzene rings is 1. The highest BCUT2D eigenvalue weighted by Crippen LogP contribution is 2.35. The fourth-order valence-corrected chi connectivity index (χ4v) is 1.83. The van der Waals surface area contributed by atoms with E-state index in [1.165, 1.54) is 6.07 Å². The second kappa shape index (κ2) is 4.70. The summed E-state index contributed by atoms with van der Waals surface area (Å²) in [6, 6.07) is 4.90. The summed E-state index contributed by atoms with van der Waals surface area (Å²) in [5.41, 5.74) is 0.829. The molecule has 0 saturated heterocycles. The van der Waals surface area contributed by atoms with Gasteiger partial charge < -0.3 is 0 Å². The standard InChI is InChI=1S/C13H17ClF2/c1-8(2)9(3)10-5-6-12(14)11(7-10)13(4,15)16/h5-9H,1-4H3/t9-/m0/s1. The molecule has 0 fully saturated rings. The largest absolute Gasteiger partial charge is 0.271 e. The lowest BCUT2D eigenvalue weighted by atomic mass is 9.89. The van der Waals surface area contributed by atoms with Crippen molar-refractivity contribution in [2.75, 3.05) is 0 Å². The topological polar surface area (TPSA) is 0 Å². The Morgan fingerprint density at radius 1 is 1.19 bits per heavy atom. The molecule has 1 rings (SSSR count). The lowest BCUT2D eigenvalue weighted by molar-refractivity contribution is 0.0175. The molecule has 0 nitrogen and oxygen atoms in total. The second-order valence-corrected chi connectivity index (χ2v) is 5.07. The Morgan fingerprint density at radius 3 is 2.19 bits per heavy atom. The minimum Gasteiger partial charge on any atom is -0.202 e. The van der Waals surface area contributed by atoms with Crippen LogP contribution in [-0.4, -0.2) is 0 Å². The van der Waals surface area contributed by atoms with Crippen LogP contribution in [0.15, 0.2) is 18.2 Å². The lowest BCUT2D eigenvalue weighted by Gasteiger charge is -2.19. The van der Waals surface area contributed by atoms with Crippen LogP contribution in [0.1, 0.15) is 44.7 Å². The molecular formula is C13H17ClF2. The zero-order valence-corrected chi connectivity index (χ0v) is 10.8.